The average Bonchev–Trinajstić information content (AvgIpc) is 2.54. The minimum absolute atomic E-state index is 0.178. The number of carbonyl (C=O) groups excluding carboxylic acids is 3. The highest BCUT2D eigenvalue weighted by Crippen LogP contribution is 2.24. The second-order valence-electron chi connectivity index (χ2n) is 4.97. The third-order valence-electron chi connectivity index (χ3n) is 3.17. The van der Waals surface area contributed by atoms with Crippen molar-refractivity contribution in [3.05, 3.63) is 34.3 Å². The highest BCUT2D eigenvalue weighted by atomic mass is 79.9. The molecule has 0 spiro atoms. The lowest BCUT2D eigenvalue weighted by Crippen LogP contribution is -2.54. The van der Waals surface area contributed by atoms with E-state index in [0.29, 0.717) is 5.56 Å². The zero-order chi connectivity index (χ0) is 18.2. The molecule has 7 nitrogen and oxygen atoms in total. The predicted octanol–water partition coefficient (Wildman–Crippen LogP) is 2.09. The van der Waals surface area contributed by atoms with Crippen LogP contribution in [0.1, 0.15) is 26.3 Å². The minimum atomic E-state index is -1.39. The van der Waals surface area contributed by atoms with Gasteiger partial charge in [-0.25, -0.2) is 9.59 Å². The van der Waals surface area contributed by atoms with Crippen molar-refractivity contribution in [1.82, 2.24) is 10.6 Å². The van der Waals surface area contributed by atoms with Gasteiger partial charge in [0, 0.05) is 4.47 Å². The lowest BCUT2D eigenvalue weighted by Gasteiger charge is -2.29. The van der Waals surface area contributed by atoms with Gasteiger partial charge in [0.05, 0.1) is 13.2 Å². The van der Waals surface area contributed by atoms with Gasteiger partial charge in [-0.05, 0) is 38.5 Å². The van der Waals surface area contributed by atoms with Crippen LogP contribution in [-0.2, 0) is 24.6 Å². The summed E-state index contributed by atoms with van der Waals surface area (Å²) in [5.41, 5.74) is -0.842. The van der Waals surface area contributed by atoms with Crippen LogP contribution in [0, 0.1) is 0 Å². The summed E-state index contributed by atoms with van der Waals surface area (Å²) in [7, 11) is 0. The van der Waals surface area contributed by atoms with Crippen LogP contribution in [0.5, 0.6) is 0 Å². The van der Waals surface area contributed by atoms with Crippen molar-refractivity contribution in [2.45, 2.75) is 26.3 Å². The molecule has 8 heteroatoms. The Labute approximate surface area is 149 Å². The Morgan fingerprint density at radius 1 is 1.08 bits per heavy atom. The Morgan fingerprint density at radius 3 is 2.21 bits per heavy atom. The second kappa shape index (κ2) is 9.27. The number of carbonyl (C=O) groups is 3. The summed E-state index contributed by atoms with van der Waals surface area (Å²) in [6, 6.07) is 6.23. The molecule has 0 aliphatic rings. The molecule has 24 heavy (non-hydrogen) atoms. The maximum Gasteiger partial charge on any atom is 0.336 e. The molecule has 0 saturated carbocycles. The number of rotatable bonds is 7. The summed E-state index contributed by atoms with van der Waals surface area (Å²) >= 11 is 3.32. The van der Waals surface area contributed by atoms with Crippen LogP contribution in [0.25, 0.3) is 0 Å². The number of nitrogens with one attached hydrogen (secondary N) is 2. The van der Waals surface area contributed by atoms with Gasteiger partial charge in [0.2, 0.25) is 0 Å². The fourth-order valence-electron chi connectivity index (χ4n) is 1.94. The van der Waals surface area contributed by atoms with E-state index in [0.717, 1.165) is 4.47 Å². The maximum atomic E-state index is 12.4. The van der Waals surface area contributed by atoms with Crippen LogP contribution in [0.15, 0.2) is 28.7 Å². The highest BCUT2D eigenvalue weighted by molar-refractivity contribution is 9.10. The normalized spacial score (nSPS) is 12.7. The van der Waals surface area contributed by atoms with Gasteiger partial charge in [0.15, 0.2) is 5.54 Å². The Hall–Kier alpha value is -2.09. The van der Waals surface area contributed by atoms with Crippen molar-refractivity contribution in [2.75, 3.05) is 19.8 Å². The van der Waals surface area contributed by atoms with Gasteiger partial charge in [-0.15, -0.1) is 0 Å². The van der Waals surface area contributed by atoms with Crippen LogP contribution >= 0.6 is 15.9 Å². The molecule has 1 atom stereocenters. The van der Waals surface area contributed by atoms with E-state index in [1.165, 1.54) is 6.92 Å². The van der Waals surface area contributed by atoms with E-state index in [4.69, 9.17) is 9.47 Å². The summed E-state index contributed by atoms with van der Waals surface area (Å²) < 4.78 is 10.6. The van der Waals surface area contributed by atoms with Gasteiger partial charge < -0.3 is 20.1 Å². The van der Waals surface area contributed by atoms with Gasteiger partial charge in [0.25, 0.3) is 0 Å². The summed E-state index contributed by atoms with van der Waals surface area (Å²) in [5, 5.41) is 4.92. The Morgan fingerprint density at radius 2 is 1.67 bits per heavy atom. The SMILES string of the molecule is CCOC(=O)CNC(=O)N[C@@](C)(C(=O)OCC)c1ccc(Br)cc1. The molecule has 2 N–H and O–H groups in total. The quantitative estimate of drug-likeness (QED) is 0.683. The summed E-state index contributed by atoms with van der Waals surface area (Å²) in [6.45, 7) is 5.00. The van der Waals surface area contributed by atoms with Crippen LogP contribution in [0.3, 0.4) is 0 Å². The maximum absolute atomic E-state index is 12.4. The minimum Gasteiger partial charge on any atom is -0.465 e. The van der Waals surface area contributed by atoms with E-state index in [2.05, 4.69) is 26.6 Å². The van der Waals surface area contributed by atoms with Crippen LogP contribution in [0.2, 0.25) is 0 Å². The third-order valence-corrected chi connectivity index (χ3v) is 3.70. The molecular formula is C16H21BrN2O5. The van der Waals surface area contributed by atoms with E-state index in [9.17, 15) is 14.4 Å². The fraction of sp³-hybridized carbons (Fsp3) is 0.438. The number of amides is 2. The number of hydrogen-bond acceptors (Lipinski definition) is 5. The molecule has 0 aromatic heterocycles. The number of halogens is 1. The van der Waals surface area contributed by atoms with Crippen molar-refractivity contribution >= 4 is 33.9 Å². The van der Waals surface area contributed by atoms with Crippen molar-refractivity contribution in [1.29, 1.82) is 0 Å². The highest BCUT2D eigenvalue weighted by Gasteiger charge is 2.38. The smallest absolute Gasteiger partial charge is 0.336 e. The first-order valence-corrected chi connectivity index (χ1v) is 8.27. The van der Waals surface area contributed by atoms with Crippen molar-refractivity contribution in [2.24, 2.45) is 0 Å². The predicted molar refractivity (Wildman–Crippen MR) is 91.3 cm³/mol. The van der Waals surface area contributed by atoms with Gasteiger partial charge in [-0.1, -0.05) is 28.1 Å². The van der Waals surface area contributed by atoms with Gasteiger partial charge >= 0.3 is 18.0 Å². The van der Waals surface area contributed by atoms with Gasteiger partial charge in [-0.2, -0.15) is 0 Å². The van der Waals surface area contributed by atoms with E-state index in [-0.39, 0.29) is 19.8 Å². The summed E-state index contributed by atoms with van der Waals surface area (Å²) in [6.07, 6.45) is 0. The molecule has 1 rings (SSSR count). The van der Waals surface area contributed by atoms with Crippen molar-refractivity contribution in [3.8, 4) is 0 Å². The Balaban J connectivity index is 2.90. The number of ether oxygens (including phenoxy) is 2. The van der Waals surface area contributed by atoms with E-state index >= 15 is 0 Å². The zero-order valence-electron chi connectivity index (χ0n) is 13.8. The van der Waals surface area contributed by atoms with Crippen LogP contribution in [-0.4, -0.2) is 37.7 Å². The van der Waals surface area contributed by atoms with E-state index < -0.39 is 23.5 Å². The number of benzene rings is 1. The topological polar surface area (TPSA) is 93.7 Å². The molecule has 0 bridgehead atoms. The molecule has 0 unspecified atom stereocenters. The third kappa shape index (κ3) is 5.52. The molecule has 132 valence electrons. The Kier molecular flexibility index (Phi) is 7.70. The summed E-state index contributed by atoms with van der Waals surface area (Å²) in [5.74, 6) is -1.16. The molecule has 0 heterocycles. The molecule has 0 aliphatic heterocycles. The first-order chi connectivity index (χ1) is 11.3. The lowest BCUT2D eigenvalue weighted by atomic mass is 9.92. The van der Waals surface area contributed by atoms with E-state index in [1.807, 2.05) is 0 Å². The molecule has 0 radical (unpaired) electrons. The van der Waals surface area contributed by atoms with Crippen molar-refractivity contribution in [3.63, 3.8) is 0 Å². The molecule has 0 saturated heterocycles. The molecule has 2 amide bonds. The summed E-state index contributed by atoms with van der Waals surface area (Å²) in [4.78, 5) is 35.7. The van der Waals surface area contributed by atoms with Gasteiger partial charge in [-0.3, -0.25) is 4.79 Å². The first-order valence-electron chi connectivity index (χ1n) is 7.48. The number of hydrogen-bond donors (Lipinski definition) is 2. The zero-order valence-corrected chi connectivity index (χ0v) is 15.4. The average molecular weight is 401 g/mol. The van der Waals surface area contributed by atoms with Crippen molar-refractivity contribution < 1.29 is 23.9 Å². The molecule has 0 aliphatic carbocycles. The number of urea groups is 1. The first kappa shape index (κ1) is 20.0. The monoisotopic (exact) mass is 400 g/mol. The standard InChI is InChI=1S/C16H21BrN2O5/c1-4-23-13(20)10-18-15(22)19-16(3,14(21)24-5-2)11-6-8-12(17)9-7-11/h6-9H,4-5,10H2,1-3H3,(H2,18,19,22)/t16-/m1/s1. The fourth-order valence-corrected chi connectivity index (χ4v) is 2.20. The second-order valence-corrected chi connectivity index (χ2v) is 5.88. The molecule has 1 aromatic rings. The molecule has 0 fully saturated rings. The van der Waals surface area contributed by atoms with E-state index in [1.54, 1.807) is 38.1 Å². The van der Waals surface area contributed by atoms with Crippen LogP contribution < -0.4 is 10.6 Å². The molecular weight excluding hydrogens is 380 g/mol. The number of esters is 2. The van der Waals surface area contributed by atoms with Crippen LogP contribution in [0.4, 0.5) is 4.79 Å². The van der Waals surface area contributed by atoms with Gasteiger partial charge in [0.1, 0.15) is 6.54 Å². The lowest BCUT2D eigenvalue weighted by molar-refractivity contribution is -0.150. The largest absolute Gasteiger partial charge is 0.465 e. The Bertz CT molecular complexity index is 591. The molecule has 1 aromatic carbocycles.